The molecule has 2 aromatic rings. The van der Waals surface area contributed by atoms with Crippen LogP contribution < -0.4 is 5.32 Å². The third-order valence-electron chi connectivity index (χ3n) is 4.36. The fourth-order valence-corrected chi connectivity index (χ4v) is 3.21. The first-order chi connectivity index (χ1) is 10.5. The number of carbonyl (C=O) groups excluding carboxylic acids is 1. The van der Waals surface area contributed by atoms with Crippen LogP contribution in [0.15, 0.2) is 42.5 Å². The van der Waals surface area contributed by atoms with Gasteiger partial charge in [0, 0.05) is 24.9 Å². The van der Waals surface area contributed by atoms with E-state index in [-0.39, 0.29) is 12.5 Å². The minimum Gasteiger partial charge on any atom is -0.387 e. The Labute approximate surface area is 131 Å². The van der Waals surface area contributed by atoms with Crippen LogP contribution in [-0.2, 0) is 12.8 Å². The summed E-state index contributed by atoms with van der Waals surface area (Å²) in [5.74, 6) is -0.123. The summed E-state index contributed by atoms with van der Waals surface area (Å²) in [5.41, 5.74) is 4.23. The van der Waals surface area contributed by atoms with Crippen molar-refractivity contribution < 1.29 is 9.90 Å². The lowest BCUT2D eigenvalue weighted by molar-refractivity contribution is 0.0479. The maximum Gasteiger partial charge on any atom is 0.251 e. The van der Waals surface area contributed by atoms with Gasteiger partial charge in [-0.1, -0.05) is 42.0 Å². The third kappa shape index (κ3) is 2.90. The zero-order valence-electron chi connectivity index (χ0n) is 13.0. The Morgan fingerprint density at radius 2 is 1.77 bits per heavy atom. The van der Waals surface area contributed by atoms with Gasteiger partial charge in [-0.25, -0.2) is 0 Å². The topological polar surface area (TPSA) is 49.3 Å². The summed E-state index contributed by atoms with van der Waals surface area (Å²) in [6, 6.07) is 13.8. The second-order valence-corrected chi connectivity index (χ2v) is 6.35. The van der Waals surface area contributed by atoms with Crippen LogP contribution in [0.5, 0.6) is 0 Å². The van der Waals surface area contributed by atoms with E-state index in [9.17, 15) is 9.90 Å². The molecule has 2 N–H and O–H groups in total. The summed E-state index contributed by atoms with van der Waals surface area (Å²) < 4.78 is 0. The highest BCUT2D eigenvalue weighted by Crippen LogP contribution is 2.29. The molecule has 0 bridgehead atoms. The Morgan fingerprint density at radius 3 is 2.36 bits per heavy atom. The zero-order chi connectivity index (χ0) is 15.7. The normalized spacial score (nSPS) is 15.4. The van der Waals surface area contributed by atoms with Gasteiger partial charge in [0.2, 0.25) is 0 Å². The Hall–Kier alpha value is -2.13. The summed E-state index contributed by atoms with van der Waals surface area (Å²) in [7, 11) is 0. The van der Waals surface area contributed by atoms with Crippen LogP contribution in [0.2, 0.25) is 0 Å². The van der Waals surface area contributed by atoms with E-state index in [1.54, 1.807) is 0 Å². The lowest BCUT2D eigenvalue weighted by Crippen LogP contribution is -2.43. The minimum atomic E-state index is -0.877. The van der Waals surface area contributed by atoms with Gasteiger partial charge in [0.1, 0.15) is 0 Å². The van der Waals surface area contributed by atoms with E-state index < -0.39 is 5.60 Å². The third-order valence-corrected chi connectivity index (χ3v) is 4.36. The van der Waals surface area contributed by atoms with Gasteiger partial charge in [0.05, 0.1) is 5.60 Å². The molecule has 0 saturated carbocycles. The van der Waals surface area contributed by atoms with Crippen LogP contribution >= 0.6 is 0 Å². The van der Waals surface area contributed by atoms with Gasteiger partial charge in [-0.15, -0.1) is 0 Å². The molecule has 114 valence electrons. The highest BCUT2D eigenvalue weighted by atomic mass is 16.3. The molecule has 3 nitrogen and oxygen atoms in total. The van der Waals surface area contributed by atoms with Crippen LogP contribution in [0.25, 0.3) is 0 Å². The van der Waals surface area contributed by atoms with Crippen molar-refractivity contribution in [3.05, 3.63) is 70.3 Å². The molecule has 2 aromatic carbocycles. The second kappa shape index (κ2) is 5.58. The molecule has 0 saturated heterocycles. The fraction of sp³-hybridized carbons (Fsp3) is 0.316. The summed E-state index contributed by atoms with van der Waals surface area (Å²) in [4.78, 5) is 12.3. The largest absolute Gasteiger partial charge is 0.387 e. The number of carbonyl (C=O) groups is 1. The quantitative estimate of drug-likeness (QED) is 0.914. The molecule has 22 heavy (non-hydrogen) atoms. The Kier molecular flexibility index (Phi) is 3.75. The molecular formula is C19H21NO2. The molecule has 0 spiro atoms. The molecule has 0 fully saturated rings. The van der Waals surface area contributed by atoms with E-state index in [1.807, 2.05) is 56.3 Å². The van der Waals surface area contributed by atoms with Crippen molar-refractivity contribution in [2.45, 2.75) is 32.3 Å². The zero-order valence-corrected chi connectivity index (χ0v) is 13.0. The minimum absolute atomic E-state index is 0.123. The van der Waals surface area contributed by atoms with Crippen LogP contribution in [0.4, 0.5) is 0 Å². The maximum absolute atomic E-state index is 12.3. The molecule has 0 aliphatic heterocycles. The lowest BCUT2D eigenvalue weighted by atomic mass is 10.00. The summed E-state index contributed by atoms with van der Waals surface area (Å²) in [6.45, 7) is 4.21. The first-order valence-corrected chi connectivity index (χ1v) is 7.61. The van der Waals surface area contributed by atoms with E-state index in [1.165, 1.54) is 11.1 Å². The van der Waals surface area contributed by atoms with E-state index in [4.69, 9.17) is 0 Å². The molecule has 1 aliphatic carbocycles. The van der Waals surface area contributed by atoms with E-state index >= 15 is 0 Å². The molecule has 0 aromatic heterocycles. The van der Waals surface area contributed by atoms with Crippen molar-refractivity contribution in [3.8, 4) is 0 Å². The molecule has 0 atom stereocenters. The van der Waals surface area contributed by atoms with Gasteiger partial charge in [-0.05, 0) is 36.6 Å². The molecule has 0 unspecified atom stereocenters. The van der Waals surface area contributed by atoms with Crippen molar-refractivity contribution in [2.24, 2.45) is 0 Å². The molecule has 0 radical (unpaired) electrons. The van der Waals surface area contributed by atoms with Crippen LogP contribution in [0, 0.1) is 13.8 Å². The average molecular weight is 295 g/mol. The SMILES string of the molecule is Cc1ccc(C(=O)NCC2(O)Cc3ccccc3C2)c(C)c1. The van der Waals surface area contributed by atoms with E-state index in [0.29, 0.717) is 18.4 Å². The number of aliphatic hydroxyl groups is 1. The standard InChI is InChI=1S/C19H21NO2/c1-13-7-8-17(14(2)9-13)18(21)20-12-19(22)10-15-5-3-4-6-16(15)11-19/h3-9,22H,10-12H2,1-2H3,(H,20,21). The van der Waals surface area contributed by atoms with Gasteiger partial charge in [0.15, 0.2) is 0 Å². The maximum atomic E-state index is 12.3. The van der Waals surface area contributed by atoms with Crippen LogP contribution in [0.1, 0.15) is 32.6 Å². The average Bonchev–Trinajstić information content (AvgIpc) is 2.81. The predicted molar refractivity (Wildman–Crippen MR) is 87.0 cm³/mol. The van der Waals surface area contributed by atoms with Gasteiger partial charge in [-0.3, -0.25) is 4.79 Å². The number of aryl methyl sites for hydroxylation is 2. The van der Waals surface area contributed by atoms with Crippen molar-refractivity contribution in [3.63, 3.8) is 0 Å². The van der Waals surface area contributed by atoms with Crippen molar-refractivity contribution in [2.75, 3.05) is 6.54 Å². The van der Waals surface area contributed by atoms with Crippen LogP contribution in [-0.4, -0.2) is 23.2 Å². The highest BCUT2D eigenvalue weighted by Gasteiger charge is 2.35. The number of hydrogen-bond donors (Lipinski definition) is 2. The molecule has 1 aliphatic rings. The molecular weight excluding hydrogens is 274 g/mol. The van der Waals surface area contributed by atoms with Gasteiger partial charge < -0.3 is 10.4 Å². The van der Waals surface area contributed by atoms with Crippen molar-refractivity contribution in [1.29, 1.82) is 0 Å². The molecule has 3 heteroatoms. The number of hydrogen-bond acceptors (Lipinski definition) is 2. The number of rotatable bonds is 3. The van der Waals surface area contributed by atoms with Crippen molar-refractivity contribution in [1.82, 2.24) is 5.32 Å². The van der Waals surface area contributed by atoms with E-state index in [0.717, 1.165) is 11.1 Å². The number of nitrogens with one attached hydrogen (secondary N) is 1. The van der Waals surface area contributed by atoms with Crippen LogP contribution in [0.3, 0.4) is 0 Å². The second-order valence-electron chi connectivity index (χ2n) is 6.35. The Morgan fingerprint density at radius 1 is 1.14 bits per heavy atom. The highest BCUT2D eigenvalue weighted by molar-refractivity contribution is 5.95. The summed E-state index contributed by atoms with van der Waals surface area (Å²) in [6.07, 6.45) is 1.19. The smallest absolute Gasteiger partial charge is 0.251 e. The number of amides is 1. The molecule has 1 amide bonds. The predicted octanol–water partition coefficient (Wildman–Crippen LogP) is 2.56. The first-order valence-electron chi connectivity index (χ1n) is 7.61. The van der Waals surface area contributed by atoms with Crippen molar-refractivity contribution >= 4 is 5.91 Å². The summed E-state index contributed by atoms with van der Waals surface area (Å²) in [5, 5.41) is 13.6. The molecule has 0 heterocycles. The van der Waals surface area contributed by atoms with Gasteiger partial charge in [0.25, 0.3) is 5.91 Å². The Bertz CT molecular complexity index is 696. The first kappa shape index (κ1) is 14.8. The Balaban J connectivity index is 1.67. The lowest BCUT2D eigenvalue weighted by Gasteiger charge is -2.23. The number of fused-ring (bicyclic) bond motifs is 1. The number of benzene rings is 2. The molecule has 3 rings (SSSR count). The van der Waals surface area contributed by atoms with Gasteiger partial charge >= 0.3 is 0 Å². The van der Waals surface area contributed by atoms with Gasteiger partial charge in [-0.2, -0.15) is 0 Å². The fourth-order valence-electron chi connectivity index (χ4n) is 3.21. The summed E-state index contributed by atoms with van der Waals surface area (Å²) >= 11 is 0. The van der Waals surface area contributed by atoms with E-state index in [2.05, 4.69) is 5.32 Å². The monoisotopic (exact) mass is 295 g/mol.